The van der Waals surface area contributed by atoms with Gasteiger partial charge in [-0.15, -0.1) is 4.94 Å². The minimum absolute atomic E-state index is 0.0376. The summed E-state index contributed by atoms with van der Waals surface area (Å²) in [6, 6.07) is 0. The maximum absolute atomic E-state index is 5.68. The van der Waals surface area contributed by atoms with E-state index < -0.39 is 20.3 Å². The third kappa shape index (κ3) is 7.57. The second-order valence-electron chi connectivity index (χ2n) is 4.18. The van der Waals surface area contributed by atoms with E-state index in [0.29, 0.717) is 0 Å². The van der Waals surface area contributed by atoms with E-state index in [2.05, 4.69) is 14.4 Å². The largest absolute Gasteiger partial charge is 0.320 e. The summed E-state index contributed by atoms with van der Waals surface area (Å²) in [4.78, 5) is 43.0. The highest BCUT2D eigenvalue weighted by Crippen LogP contribution is 2.28. The second-order valence-corrected chi connectivity index (χ2v) is 5.36. The van der Waals surface area contributed by atoms with E-state index in [1.807, 2.05) is 0 Å². The van der Waals surface area contributed by atoms with Gasteiger partial charge in [0, 0.05) is 14.8 Å². The first-order valence-corrected chi connectivity index (χ1v) is 8.75. The highest BCUT2D eigenvalue weighted by molar-refractivity contribution is 14.1. The van der Waals surface area contributed by atoms with Crippen LogP contribution in [0.15, 0.2) is 0 Å². The molecule has 0 saturated carbocycles. The molecule has 0 spiro atoms. The van der Waals surface area contributed by atoms with Crippen molar-refractivity contribution in [2.24, 2.45) is 40.9 Å². The molecule has 3 atom stereocenters. The number of rotatable bonds is 7. The van der Waals surface area contributed by atoms with Gasteiger partial charge < -0.3 is 0 Å². The number of halogens is 3. The van der Waals surface area contributed by atoms with Crippen molar-refractivity contribution in [2.45, 2.75) is 0 Å². The normalized spacial score (nSPS) is 35.7. The van der Waals surface area contributed by atoms with Gasteiger partial charge in [0.1, 0.15) is 23.0 Å². The topological polar surface area (TPSA) is 306 Å². The SMILES string of the molecule is NN(OI)O[N+]1(N)ON(O[N+](N)(OI)OI)O[N+]2(N)ON(N)ON(N)O[N+](N)(O1)O2. The van der Waals surface area contributed by atoms with Crippen molar-refractivity contribution < 1.29 is 74.3 Å². The Bertz CT molecular complexity index is 571. The van der Waals surface area contributed by atoms with E-state index >= 15 is 0 Å². The van der Waals surface area contributed by atoms with Crippen LogP contribution in [0.1, 0.15) is 0 Å². The molecular formula is H14I3N15O12+4. The van der Waals surface area contributed by atoms with Crippen molar-refractivity contribution in [3.05, 3.63) is 0 Å². The highest BCUT2D eigenvalue weighted by Gasteiger charge is 2.69. The third-order valence-electron chi connectivity index (χ3n) is 2.00. The fourth-order valence-electron chi connectivity index (χ4n) is 1.27. The predicted octanol–water partition coefficient (Wildman–Crippen LogP) is -4.93. The monoisotopic (exact) mass is 797 g/mol. The van der Waals surface area contributed by atoms with Crippen LogP contribution in [-0.2, 0) is 53.9 Å². The molecule has 0 radical (unpaired) electrons. The summed E-state index contributed by atoms with van der Waals surface area (Å²) in [5, 5.41) is -8.53. The summed E-state index contributed by atoms with van der Waals surface area (Å²) in [5.74, 6) is 38.3. The van der Waals surface area contributed by atoms with Crippen molar-refractivity contribution in [2.75, 3.05) is 0 Å². The van der Waals surface area contributed by atoms with Gasteiger partial charge in [0.15, 0.2) is 9.88 Å². The summed E-state index contributed by atoms with van der Waals surface area (Å²) in [6.45, 7) is 0. The Hall–Kier alpha value is 1.11. The Labute approximate surface area is 204 Å². The molecule has 2 saturated heterocycles. The Balaban J connectivity index is 2.42. The molecule has 2 bridgehead atoms. The lowest BCUT2D eigenvalue weighted by Gasteiger charge is -2.34. The number of fused-ring (bicyclic) bond motifs is 2. The minimum Gasteiger partial charge on any atom is -0.214 e. The highest BCUT2D eigenvalue weighted by atomic mass is 127. The number of nitrogens with two attached hydrogens (primary N) is 7. The molecule has 2 fully saturated rings. The molecule has 0 aromatic carbocycles. The Morgan fingerprint density at radius 1 is 0.867 bits per heavy atom. The Kier molecular flexibility index (Phi) is 9.65. The molecular weight excluding hydrogens is 783 g/mol. The van der Waals surface area contributed by atoms with Crippen molar-refractivity contribution in [1.29, 1.82) is 0 Å². The molecule has 3 unspecified atom stereocenters. The summed E-state index contributed by atoms with van der Waals surface area (Å²) < 4.78 is 13.8. The zero-order valence-corrected chi connectivity index (χ0v) is 20.1. The van der Waals surface area contributed by atoms with E-state index in [0.717, 1.165) is 0 Å². The molecule has 2 aliphatic heterocycles. The molecule has 2 aliphatic rings. The van der Waals surface area contributed by atoms with Gasteiger partial charge in [0.05, 0.1) is 30.8 Å². The first-order valence-electron chi connectivity index (χ1n) is 6.10. The van der Waals surface area contributed by atoms with E-state index in [-0.39, 0.29) is 21.4 Å². The second kappa shape index (κ2) is 10.6. The summed E-state index contributed by atoms with van der Waals surface area (Å²) >= 11 is 3.80. The number of hydrazine groups is 3. The molecule has 0 aliphatic carbocycles. The summed E-state index contributed by atoms with van der Waals surface area (Å²) in [5.41, 5.74) is 0. The van der Waals surface area contributed by atoms with Crippen LogP contribution < -0.4 is 40.9 Å². The number of nitrogens with zero attached hydrogens (tertiary/aromatic N) is 8. The lowest BCUT2D eigenvalue weighted by atomic mass is 12.1. The molecule has 30 heteroatoms. The first kappa shape index (κ1) is 27.4. The lowest BCUT2D eigenvalue weighted by Crippen LogP contribution is -2.79. The number of quaternary nitrogens is 4. The number of hydrogen-bond donors (Lipinski definition) is 7. The molecule has 0 aromatic rings. The van der Waals surface area contributed by atoms with Crippen LogP contribution in [0.3, 0.4) is 0 Å². The van der Waals surface area contributed by atoms with Crippen LogP contribution in [-0.4, -0.2) is 41.7 Å². The maximum atomic E-state index is 5.68. The van der Waals surface area contributed by atoms with Crippen LogP contribution in [0, 0.1) is 0 Å². The fraction of sp³-hybridized carbons (Fsp3) is 0. The Morgan fingerprint density at radius 3 is 1.97 bits per heavy atom. The molecule has 30 heavy (non-hydrogen) atoms. The van der Waals surface area contributed by atoms with Gasteiger partial charge in [-0.25, -0.2) is 17.5 Å². The first-order chi connectivity index (χ1) is 13.8. The van der Waals surface area contributed by atoms with Crippen LogP contribution in [0.25, 0.3) is 0 Å². The average molecular weight is 797 g/mol. The third-order valence-corrected chi connectivity index (χ3v) is 3.49. The molecule has 2 rings (SSSR count). The van der Waals surface area contributed by atoms with E-state index in [1.54, 1.807) is 0 Å². The van der Waals surface area contributed by atoms with Gasteiger partial charge in [-0.05, 0) is 6.33 Å². The fourth-order valence-corrected chi connectivity index (χ4v) is 1.95. The van der Waals surface area contributed by atoms with E-state index in [1.165, 1.54) is 69.0 Å². The minimum atomic E-state index is -2.22. The predicted molar refractivity (Wildman–Crippen MR) is 92.8 cm³/mol. The zero-order chi connectivity index (χ0) is 22.8. The average Bonchev–Trinajstić information content (AvgIpc) is 2.57. The van der Waals surface area contributed by atoms with E-state index in [4.69, 9.17) is 80.4 Å². The van der Waals surface area contributed by atoms with Gasteiger partial charge in [-0.3, -0.25) is 0 Å². The van der Waals surface area contributed by atoms with Crippen molar-refractivity contribution in [1.82, 2.24) is 21.4 Å². The van der Waals surface area contributed by atoms with Crippen LogP contribution in [0.2, 0.25) is 0 Å². The van der Waals surface area contributed by atoms with Gasteiger partial charge in [-0.1, -0.05) is 23.4 Å². The van der Waals surface area contributed by atoms with Crippen LogP contribution >= 0.6 is 69.0 Å². The van der Waals surface area contributed by atoms with E-state index in [9.17, 15) is 0 Å². The van der Waals surface area contributed by atoms with Crippen molar-refractivity contribution in [3.8, 4) is 0 Å². The molecule has 0 amide bonds. The quantitative estimate of drug-likeness (QED) is 0.0549. The molecule has 27 nitrogen and oxygen atoms in total. The number of hydrogen-bond acceptors (Lipinski definition) is 23. The van der Waals surface area contributed by atoms with Crippen LogP contribution in [0.4, 0.5) is 0 Å². The van der Waals surface area contributed by atoms with Crippen LogP contribution in [0.5, 0.6) is 0 Å². The van der Waals surface area contributed by atoms with Gasteiger partial charge >= 0.3 is 5.08 Å². The standard InChI is InChI=1S/H14I3N15O12/c1-19-11(4)23-16(8)27-14(26-15(7,20-2)21-3)28-17(9)24-12(5)22-13(6)25-18(10,29-16)30-17/h4-10H2/q+4. The van der Waals surface area contributed by atoms with Gasteiger partial charge in [0.25, 0.3) is 15.6 Å². The lowest BCUT2D eigenvalue weighted by molar-refractivity contribution is -1.69. The van der Waals surface area contributed by atoms with Gasteiger partial charge in [0.2, 0.25) is 51.1 Å². The molecule has 178 valence electrons. The summed E-state index contributed by atoms with van der Waals surface area (Å²) in [6.07, 6.45) is 0. The smallest absolute Gasteiger partial charge is 0.214 e. The molecule has 2 heterocycles. The van der Waals surface area contributed by atoms with Crippen molar-refractivity contribution >= 4 is 69.0 Å². The Morgan fingerprint density at radius 2 is 1.43 bits per heavy atom. The zero-order valence-electron chi connectivity index (χ0n) is 13.7. The van der Waals surface area contributed by atoms with Gasteiger partial charge in [-0.2, -0.15) is 3.17 Å². The summed E-state index contributed by atoms with van der Waals surface area (Å²) in [7, 11) is 0. The molecule has 14 N–H and O–H groups in total. The van der Waals surface area contributed by atoms with Crippen molar-refractivity contribution in [3.63, 3.8) is 0 Å². The molecule has 0 aromatic heterocycles. The maximum Gasteiger partial charge on any atom is 0.320 e.